The number of fused-ring (bicyclic) bond motifs is 1. The molecular weight excluding hydrogens is 471 g/mol. The summed E-state index contributed by atoms with van der Waals surface area (Å²) in [6.45, 7) is 9.83. The summed E-state index contributed by atoms with van der Waals surface area (Å²) in [6.07, 6.45) is 2.17. The van der Waals surface area contributed by atoms with Gasteiger partial charge in [0.2, 0.25) is 0 Å². The summed E-state index contributed by atoms with van der Waals surface area (Å²) in [5, 5.41) is 0. The number of halogens is 6. The van der Waals surface area contributed by atoms with Crippen LogP contribution < -0.4 is 9.30 Å². The third-order valence-corrected chi connectivity index (χ3v) is 6.08. The average molecular weight is 499 g/mol. The summed E-state index contributed by atoms with van der Waals surface area (Å²) in [5.41, 5.74) is 3.47. The predicted octanol–water partition coefficient (Wildman–Crippen LogP) is 7.21. The molecule has 1 aliphatic carbocycles. The van der Waals surface area contributed by atoms with Crippen molar-refractivity contribution in [1.82, 2.24) is 0 Å². The standard InChI is InChI=1S/C22H28NO3.F6P/c1-6-25-22(26-7-2)19-15-11-10-13-17(24-5)18(15)20(21(22,3)4)23-14-9-8-12-16(19)23;1-7(2,3,4,5)6/h8-14,19-20H,6-7H2,1-5H3;/q+1;-1/t19-,20-;/m0./s1. The molecular formula is C22H28F6NO3P. The van der Waals surface area contributed by atoms with Crippen molar-refractivity contribution in [2.45, 2.75) is 45.4 Å². The number of methoxy groups -OCH3 is 1. The normalized spacial score (nSPS) is 23.8. The first-order chi connectivity index (χ1) is 15.0. The fourth-order valence-electron chi connectivity index (χ4n) is 5.21. The Hall–Kier alpha value is -1.90. The minimum absolute atomic E-state index is 0.00583. The van der Waals surface area contributed by atoms with Gasteiger partial charge in [-0.05, 0) is 39.3 Å². The van der Waals surface area contributed by atoms with E-state index in [9.17, 15) is 25.2 Å². The van der Waals surface area contributed by atoms with Gasteiger partial charge in [-0.3, -0.25) is 0 Å². The first kappa shape index (κ1) is 25.7. The molecule has 33 heavy (non-hydrogen) atoms. The Morgan fingerprint density at radius 3 is 2.00 bits per heavy atom. The zero-order chi connectivity index (χ0) is 24.9. The van der Waals surface area contributed by atoms with Crippen LogP contribution in [0.1, 0.15) is 56.5 Å². The molecule has 5 rings (SSSR count). The molecule has 186 valence electrons. The third-order valence-electron chi connectivity index (χ3n) is 6.08. The van der Waals surface area contributed by atoms with Crippen LogP contribution in [0.15, 0.2) is 42.6 Å². The van der Waals surface area contributed by atoms with E-state index in [1.807, 2.05) is 13.8 Å². The van der Waals surface area contributed by atoms with Gasteiger partial charge in [0.25, 0.3) is 0 Å². The third kappa shape index (κ3) is 4.84. The number of hydrogen-bond acceptors (Lipinski definition) is 3. The van der Waals surface area contributed by atoms with Crippen LogP contribution in [0.5, 0.6) is 5.75 Å². The Labute approximate surface area is 188 Å². The molecule has 2 aromatic rings. The molecule has 0 unspecified atom stereocenters. The van der Waals surface area contributed by atoms with E-state index in [0.717, 1.165) is 5.75 Å². The monoisotopic (exact) mass is 499 g/mol. The van der Waals surface area contributed by atoms with Gasteiger partial charge in [-0.1, -0.05) is 18.2 Å². The first-order valence-corrected chi connectivity index (χ1v) is 12.5. The van der Waals surface area contributed by atoms with E-state index in [1.165, 1.54) is 16.8 Å². The maximum absolute atomic E-state index is 10.7. The molecule has 0 fully saturated rings. The molecule has 0 N–H and O–H groups in total. The molecule has 1 aromatic carbocycles. The quantitative estimate of drug-likeness (QED) is 0.189. The summed E-state index contributed by atoms with van der Waals surface area (Å²) in [6, 6.07) is 12.8. The zero-order valence-corrected chi connectivity index (χ0v) is 19.9. The van der Waals surface area contributed by atoms with Gasteiger partial charge in [0, 0.05) is 25.3 Å². The van der Waals surface area contributed by atoms with Crippen LogP contribution in [0.2, 0.25) is 0 Å². The molecule has 3 heterocycles. The molecule has 2 atom stereocenters. The van der Waals surface area contributed by atoms with Gasteiger partial charge in [0.05, 0.1) is 18.1 Å². The van der Waals surface area contributed by atoms with Crippen molar-refractivity contribution in [3.8, 4) is 5.75 Å². The number of rotatable bonds is 5. The van der Waals surface area contributed by atoms with Crippen molar-refractivity contribution in [3.05, 3.63) is 59.4 Å². The summed E-state index contributed by atoms with van der Waals surface area (Å²) in [7, 11) is -8.91. The summed E-state index contributed by atoms with van der Waals surface area (Å²) in [4.78, 5) is 0. The molecule has 0 amide bonds. The molecule has 11 heteroatoms. The van der Waals surface area contributed by atoms with E-state index in [1.54, 1.807) is 7.11 Å². The SMILES string of the molecule is CCOC1(OCC)[C@H]2c3cccc(OC)c3[C@H]([n+]3ccccc32)C1(C)C.F[P-](F)(F)(F)(F)F. The summed E-state index contributed by atoms with van der Waals surface area (Å²) in [5.74, 6) is 0.227. The topological polar surface area (TPSA) is 31.6 Å². The van der Waals surface area contributed by atoms with Gasteiger partial charge in [-0.15, -0.1) is 0 Å². The second kappa shape index (κ2) is 7.55. The van der Waals surface area contributed by atoms with Crippen molar-refractivity contribution < 1.29 is 44.0 Å². The predicted molar refractivity (Wildman–Crippen MR) is 113 cm³/mol. The number of nitrogens with zero attached hydrogens (tertiary/aromatic N) is 1. The summed E-state index contributed by atoms with van der Waals surface area (Å²) >= 11 is 0. The fraction of sp³-hybridized carbons (Fsp3) is 0.500. The van der Waals surface area contributed by atoms with Crippen LogP contribution in [0.4, 0.5) is 25.2 Å². The molecule has 2 aliphatic heterocycles. The maximum atomic E-state index is 9.87. The second-order valence-electron chi connectivity index (χ2n) is 8.55. The van der Waals surface area contributed by atoms with Crippen LogP contribution >= 0.6 is 7.81 Å². The second-order valence-corrected chi connectivity index (χ2v) is 10.5. The molecule has 0 saturated heterocycles. The Morgan fingerprint density at radius 1 is 0.909 bits per heavy atom. The van der Waals surface area contributed by atoms with Gasteiger partial charge in [0.1, 0.15) is 11.7 Å². The van der Waals surface area contributed by atoms with Crippen molar-refractivity contribution in [2.75, 3.05) is 20.3 Å². The number of hydrogen-bond donors (Lipinski definition) is 0. The molecule has 1 aromatic heterocycles. The van der Waals surface area contributed by atoms with Gasteiger partial charge < -0.3 is 14.2 Å². The van der Waals surface area contributed by atoms with E-state index < -0.39 is 13.6 Å². The zero-order valence-electron chi connectivity index (χ0n) is 19.0. The van der Waals surface area contributed by atoms with Crippen LogP contribution in [-0.4, -0.2) is 26.1 Å². The minimum atomic E-state index is -10.7. The Balaban J connectivity index is 0.000000383. The molecule has 3 aliphatic rings. The number of ether oxygens (including phenoxy) is 3. The molecule has 0 radical (unpaired) electrons. The number of aromatic nitrogens is 1. The number of pyridine rings is 1. The van der Waals surface area contributed by atoms with Crippen molar-refractivity contribution in [1.29, 1.82) is 0 Å². The van der Waals surface area contributed by atoms with Crippen LogP contribution in [0, 0.1) is 5.41 Å². The van der Waals surface area contributed by atoms with Crippen LogP contribution in [0.3, 0.4) is 0 Å². The van der Waals surface area contributed by atoms with Crippen molar-refractivity contribution in [2.24, 2.45) is 5.41 Å². The fourth-order valence-corrected chi connectivity index (χ4v) is 5.21. The molecule has 0 spiro atoms. The Morgan fingerprint density at radius 2 is 1.48 bits per heavy atom. The van der Waals surface area contributed by atoms with E-state index in [0.29, 0.717) is 13.2 Å². The molecule has 0 saturated carbocycles. The Bertz CT molecular complexity index is 1030. The van der Waals surface area contributed by atoms with Gasteiger partial charge in [-0.25, -0.2) is 0 Å². The van der Waals surface area contributed by atoms with E-state index in [4.69, 9.17) is 14.2 Å². The van der Waals surface area contributed by atoms with Crippen LogP contribution in [0.25, 0.3) is 0 Å². The first-order valence-electron chi connectivity index (χ1n) is 10.5. The molecule has 4 nitrogen and oxygen atoms in total. The van der Waals surface area contributed by atoms with E-state index in [-0.39, 0.29) is 17.4 Å². The number of benzene rings is 1. The van der Waals surface area contributed by atoms with Crippen molar-refractivity contribution >= 4 is 7.81 Å². The van der Waals surface area contributed by atoms with Gasteiger partial charge in [-0.2, -0.15) is 4.57 Å². The van der Waals surface area contributed by atoms with Gasteiger partial charge >= 0.3 is 33.0 Å². The Kier molecular flexibility index (Phi) is 5.88. The van der Waals surface area contributed by atoms with E-state index in [2.05, 4.69) is 61.0 Å². The van der Waals surface area contributed by atoms with Crippen LogP contribution in [-0.2, 0) is 9.47 Å². The summed E-state index contributed by atoms with van der Waals surface area (Å²) < 4.78 is 80.3. The van der Waals surface area contributed by atoms with E-state index >= 15 is 0 Å². The van der Waals surface area contributed by atoms with Crippen molar-refractivity contribution in [3.63, 3.8) is 0 Å². The average Bonchev–Trinajstić information content (AvgIpc) is 2.67. The molecule has 2 bridgehead atoms. The van der Waals surface area contributed by atoms with Gasteiger partial charge in [0.15, 0.2) is 23.7 Å².